The summed E-state index contributed by atoms with van der Waals surface area (Å²) in [6.45, 7) is 2.09. The van der Waals surface area contributed by atoms with Gasteiger partial charge in [0.1, 0.15) is 11.4 Å². The van der Waals surface area contributed by atoms with E-state index in [9.17, 15) is 20.0 Å². The number of imide groups is 1. The molecule has 0 spiro atoms. The summed E-state index contributed by atoms with van der Waals surface area (Å²) in [4.78, 5) is 29.1. The summed E-state index contributed by atoms with van der Waals surface area (Å²) >= 11 is 0. The number of aliphatic hydroxyl groups excluding tert-OH is 1. The van der Waals surface area contributed by atoms with E-state index in [1.807, 2.05) is 12.1 Å². The highest BCUT2D eigenvalue weighted by Gasteiger charge is 2.77. The molecule has 9 heteroatoms. The van der Waals surface area contributed by atoms with Crippen LogP contribution in [0.4, 0.5) is 5.69 Å². The van der Waals surface area contributed by atoms with Crippen molar-refractivity contribution in [2.24, 2.45) is 11.8 Å². The van der Waals surface area contributed by atoms with E-state index < -0.39 is 35.0 Å². The molecule has 1 unspecified atom stereocenters. The van der Waals surface area contributed by atoms with Gasteiger partial charge >= 0.3 is 0 Å². The number of carbonyl (C=O) groups is 2. The molecule has 1 N–H and O–H groups in total. The average molecular weight is 513 g/mol. The fourth-order valence-electron chi connectivity index (χ4n) is 6.75. The summed E-state index contributed by atoms with van der Waals surface area (Å²) in [7, 11) is 0. The van der Waals surface area contributed by atoms with Gasteiger partial charge in [0.15, 0.2) is 11.5 Å². The fraction of sp³-hybridized carbons (Fsp3) is 0.345. The number of nitrogens with zero attached hydrogens (tertiary/aromatic N) is 2. The summed E-state index contributed by atoms with van der Waals surface area (Å²) in [6, 6.07) is 18.0. The number of anilines is 1. The van der Waals surface area contributed by atoms with Gasteiger partial charge < -0.3 is 24.1 Å². The molecule has 5 atom stereocenters. The van der Waals surface area contributed by atoms with Gasteiger partial charge in [0, 0.05) is 29.7 Å². The van der Waals surface area contributed by atoms with Crippen LogP contribution in [-0.4, -0.2) is 47.6 Å². The Labute approximate surface area is 218 Å². The third-order valence-electron chi connectivity index (χ3n) is 8.51. The van der Waals surface area contributed by atoms with Crippen molar-refractivity contribution >= 4 is 28.3 Å². The molecule has 192 valence electrons. The van der Waals surface area contributed by atoms with Crippen LogP contribution in [0.25, 0.3) is 10.8 Å². The van der Waals surface area contributed by atoms with Crippen molar-refractivity contribution in [2.75, 3.05) is 18.3 Å². The molecule has 3 aromatic rings. The first-order valence-corrected chi connectivity index (χ1v) is 12.6. The van der Waals surface area contributed by atoms with Gasteiger partial charge in [-0.15, -0.1) is 0 Å². The van der Waals surface area contributed by atoms with E-state index in [1.165, 1.54) is 4.90 Å². The molecule has 0 saturated carbocycles. The van der Waals surface area contributed by atoms with Crippen LogP contribution < -0.4 is 19.1 Å². The van der Waals surface area contributed by atoms with Gasteiger partial charge in [-0.05, 0) is 31.2 Å². The first kappa shape index (κ1) is 23.0. The molecule has 0 radical (unpaired) electrons. The Hall–Kier alpha value is -4.13. The minimum absolute atomic E-state index is 0.163. The van der Waals surface area contributed by atoms with Crippen molar-refractivity contribution < 1.29 is 33.6 Å². The Kier molecular flexibility index (Phi) is 4.81. The molecule has 7 rings (SSSR count). The Balaban J connectivity index is 1.21. The van der Waals surface area contributed by atoms with Gasteiger partial charge in [0.2, 0.25) is 18.6 Å². The van der Waals surface area contributed by atoms with Gasteiger partial charge in [0.25, 0.3) is 0 Å². The smallest absolute Gasteiger partial charge is 0.240 e. The SMILES string of the molecule is C[C@]12O[C@](CCOc3ccc4c(c3)OCO4)(CC1O)[C@H]1C(=O)N(c3ccc(C#N)c4ccccc34)C(=O)[C@H]12. The maximum absolute atomic E-state index is 14.0. The summed E-state index contributed by atoms with van der Waals surface area (Å²) < 4.78 is 23.1. The van der Waals surface area contributed by atoms with E-state index in [4.69, 9.17) is 18.9 Å². The maximum atomic E-state index is 14.0. The zero-order chi connectivity index (χ0) is 26.2. The molecule has 4 aliphatic heterocycles. The standard InChI is InChI=1S/C29H24N2O7/c1-28-23(32)13-29(38-28,10-11-35-17-7-9-21-22(12-17)37-15-36-21)25-24(28)26(33)31(27(25)34)20-8-6-16(14-30)18-4-2-3-5-19(18)20/h2-9,12,23-25,32H,10-11,13,15H2,1H3/t23?,24-,25+,28-,29+/m0/s1. The molecule has 4 heterocycles. The van der Waals surface area contributed by atoms with Crippen LogP contribution in [0.2, 0.25) is 0 Å². The molecule has 4 aliphatic rings. The second-order valence-electron chi connectivity index (χ2n) is 10.4. The number of hydrogen-bond donors (Lipinski definition) is 1. The predicted octanol–water partition coefficient (Wildman–Crippen LogP) is 3.31. The predicted molar refractivity (Wildman–Crippen MR) is 134 cm³/mol. The van der Waals surface area contributed by atoms with E-state index in [1.54, 1.807) is 49.4 Å². The monoisotopic (exact) mass is 512 g/mol. The highest BCUT2D eigenvalue weighted by atomic mass is 16.7. The maximum Gasteiger partial charge on any atom is 0.240 e. The lowest BCUT2D eigenvalue weighted by atomic mass is 9.66. The van der Waals surface area contributed by atoms with E-state index >= 15 is 0 Å². The van der Waals surface area contributed by atoms with Gasteiger partial charge in [-0.3, -0.25) is 9.59 Å². The molecule has 3 saturated heterocycles. The van der Waals surface area contributed by atoms with Crippen molar-refractivity contribution in [3.05, 3.63) is 60.2 Å². The number of aliphatic hydroxyl groups is 1. The summed E-state index contributed by atoms with van der Waals surface area (Å²) in [5, 5.41) is 21.9. The first-order chi connectivity index (χ1) is 18.4. The topological polar surface area (TPSA) is 118 Å². The zero-order valence-electron chi connectivity index (χ0n) is 20.5. The van der Waals surface area contributed by atoms with Crippen molar-refractivity contribution in [3.63, 3.8) is 0 Å². The third-order valence-corrected chi connectivity index (χ3v) is 8.51. The van der Waals surface area contributed by atoms with Gasteiger partial charge in [-0.2, -0.15) is 5.26 Å². The normalized spacial score (nSPS) is 30.7. The fourth-order valence-corrected chi connectivity index (χ4v) is 6.75. The van der Waals surface area contributed by atoms with Crippen LogP contribution in [-0.2, 0) is 14.3 Å². The van der Waals surface area contributed by atoms with Crippen LogP contribution >= 0.6 is 0 Å². The number of rotatable bonds is 5. The number of carbonyl (C=O) groups excluding carboxylic acids is 2. The lowest BCUT2D eigenvalue weighted by Gasteiger charge is -2.33. The number of ether oxygens (including phenoxy) is 4. The van der Waals surface area contributed by atoms with E-state index in [2.05, 4.69) is 6.07 Å². The highest BCUT2D eigenvalue weighted by molar-refractivity contribution is 6.26. The first-order valence-electron chi connectivity index (χ1n) is 12.6. The van der Waals surface area contributed by atoms with Crippen molar-refractivity contribution in [1.82, 2.24) is 0 Å². The highest BCUT2D eigenvalue weighted by Crippen LogP contribution is 2.62. The molecule has 0 aromatic heterocycles. The number of hydrogen-bond acceptors (Lipinski definition) is 8. The molecule has 2 bridgehead atoms. The number of fused-ring (bicyclic) bond motifs is 7. The molecular weight excluding hydrogens is 488 g/mol. The summed E-state index contributed by atoms with van der Waals surface area (Å²) in [6.07, 6.45) is -0.351. The quantitative estimate of drug-likeness (QED) is 0.518. The summed E-state index contributed by atoms with van der Waals surface area (Å²) in [5.41, 5.74) is -1.33. The zero-order valence-corrected chi connectivity index (χ0v) is 20.5. The molecule has 0 aliphatic carbocycles. The lowest BCUT2D eigenvalue weighted by molar-refractivity contribution is -0.134. The van der Waals surface area contributed by atoms with E-state index in [0.29, 0.717) is 45.7 Å². The Morgan fingerprint density at radius 2 is 1.82 bits per heavy atom. The molecule has 9 nitrogen and oxygen atoms in total. The largest absolute Gasteiger partial charge is 0.493 e. The molecule has 2 amide bonds. The number of amides is 2. The van der Waals surface area contributed by atoms with Crippen molar-refractivity contribution in [2.45, 2.75) is 37.1 Å². The molecular formula is C29H24N2O7. The number of nitriles is 1. The van der Waals surface area contributed by atoms with Gasteiger partial charge in [0.05, 0.1) is 47.5 Å². The second-order valence-corrected chi connectivity index (χ2v) is 10.4. The Morgan fingerprint density at radius 3 is 2.63 bits per heavy atom. The second kappa shape index (κ2) is 7.93. The Morgan fingerprint density at radius 1 is 1.05 bits per heavy atom. The van der Waals surface area contributed by atoms with Crippen molar-refractivity contribution in [3.8, 4) is 23.3 Å². The van der Waals surface area contributed by atoms with Gasteiger partial charge in [-0.25, -0.2) is 4.90 Å². The van der Waals surface area contributed by atoms with Gasteiger partial charge in [-0.1, -0.05) is 24.3 Å². The van der Waals surface area contributed by atoms with E-state index in [-0.39, 0.29) is 25.7 Å². The molecule has 3 aromatic carbocycles. The van der Waals surface area contributed by atoms with Crippen LogP contribution in [0.3, 0.4) is 0 Å². The summed E-state index contributed by atoms with van der Waals surface area (Å²) in [5.74, 6) is -0.484. The minimum Gasteiger partial charge on any atom is -0.493 e. The Bertz CT molecular complexity index is 1560. The van der Waals surface area contributed by atoms with E-state index in [0.717, 1.165) is 0 Å². The third kappa shape index (κ3) is 2.98. The van der Waals surface area contributed by atoms with Crippen LogP contribution in [0.5, 0.6) is 17.2 Å². The minimum atomic E-state index is -1.19. The number of benzene rings is 3. The molecule has 38 heavy (non-hydrogen) atoms. The average Bonchev–Trinajstić information content (AvgIpc) is 3.62. The lowest BCUT2D eigenvalue weighted by Crippen LogP contribution is -2.49. The van der Waals surface area contributed by atoms with Crippen LogP contribution in [0.1, 0.15) is 25.3 Å². The van der Waals surface area contributed by atoms with Crippen LogP contribution in [0, 0.1) is 23.2 Å². The molecule has 3 fully saturated rings. The van der Waals surface area contributed by atoms with Crippen molar-refractivity contribution in [1.29, 1.82) is 5.26 Å². The van der Waals surface area contributed by atoms with Crippen LogP contribution in [0.15, 0.2) is 54.6 Å².